The number of aromatic amines is 1. The smallest absolute Gasteiger partial charge is 0.217 e. The first kappa shape index (κ1) is 18.5. The van der Waals surface area contributed by atoms with Gasteiger partial charge in [0, 0.05) is 40.8 Å². The second kappa shape index (κ2) is 7.28. The molecule has 3 aromatic rings. The lowest BCUT2D eigenvalue weighted by molar-refractivity contribution is -0.119. The third-order valence-electron chi connectivity index (χ3n) is 5.50. The summed E-state index contributed by atoms with van der Waals surface area (Å²) in [5.74, 6) is 0.242. The Balaban J connectivity index is 1.61. The number of anilines is 1. The van der Waals surface area contributed by atoms with E-state index in [4.69, 9.17) is 17.3 Å². The van der Waals surface area contributed by atoms with E-state index < -0.39 is 0 Å². The molecule has 2 aromatic carbocycles. The molecule has 0 radical (unpaired) electrons. The van der Waals surface area contributed by atoms with Crippen molar-refractivity contribution in [3.05, 3.63) is 58.6 Å². The minimum atomic E-state index is -0.178. The van der Waals surface area contributed by atoms with Crippen molar-refractivity contribution in [3.8, 4) is 0 Å². The van der Waals surface area contributed by atoms with E-state index in [1.54, 1.807) is 12.1 Å². The maximum atomic E-state index is 13.2. The Labute approximate surface area is 167 Å². The second-order valence-corrected chi connectivity index (χ2v) is 7.80. The number of hydrogen-bond acceptors (Lipinski definition) is 4. The van der Waals surface area contributed by atoms with Gasteiger partial charge in [0.05, 0.1) is 5.52 Å². The zero-order valence-corrected chi connectivity index (χ0v) is 16.2. The van der Waals surface area contributed by atoms with Crippen molar-refractivity contribution in [2.75, 3.05) is 5.73 Å². The van der Waals surface area contributed by atoms with Gasteiger partial charge in [-0.3, -0.25) is 14.7 Å². The van der Waals surface area contributed by atoms with Crippen LogP contribution in [-0.4, -0.2) is 27.9 Å². The predicted octanol–water partition coefficient (Wildman–Crippen LogP) is 3.68. The van der Waals surface area contributed by atoms with Crippen LogP contribution in [0.1, 0.15) is 41.6 Å². The molecule has 1 unspecified atom stereocenters. The van der Waals surface area contributed by atoms with Crippen LogP contribution < -0.4 is 11.1 Å². The van der Waals surface area contributed by atoms with Crippen LogP contribution in [0.2, 0.25) is 5.02 Å². The third-order valence-corrected chi connectivity index (χ3v) is 5.75. The summed E-state index contributed by atoms with van der Waals surface area (Å²) < 4.78 is 0. The number of carbonyl (C=O) groups excluding carboxylic acids is 2. The molecule has 1 amide bonds. The van der Waals surface area contributed by atoms with Crippen molar-refractivity contribution in [2.45, 2.75) is 31.7 Å². The van der Waals surface area contributed by atoms with Crippen LogP contribution in [0.3, 0.4) is 0 Å². The number of carbonyl (C=O) groups is 2. The number of ketones is 1. The Morgan fingerprint density at radius 1 is 1.18 bits per heavy atom. The van der Waals surface area contributed by atoms with Crippen LogP contribution in [0.5, 0.6) is 0 Å². The van der Waals surface area contributed by atoms with Crippen molar-refractivity contribution >= 4 is 40.0 Å². The quantitative estimate of drug-likeness (QED) is 0.585. The van der Waals surface area contributed by atoms with Crippen LogP contribution in [-0.2, 0) is 4.79 Å². The Bertz CT molecular complexity index is 1040. The van der Waals surface area contributed by atoms with Crippen LogP contribution >= 0.6 is 11.6 Å². The van der Waals surface area contributed by atoms with E-state index >= 15 is 0 Å². The Morgan fingerprint density at radius 3 is 2.64 bits per heavy atom. The molecule has 1 aromatic heterocycles. The van der Waals surface area contributed by atoms with Gasteiger partial charge in [0.25, 0.3) is 0 Å². The molecule has 1 fully saturated rings. The van der Waals surface area contributed by atoms with Gasteiger partial charge in [-0.1, -0.05) is 23.7 Å². The Hall–Kier alpha value is -2.86. The highest BCUT2D eigenvalue weighted by molar-refractivity contribution is 6.30. The number of hydrogen-bond donors (Lipinski definition) is 3. The molecule has 1 aliphatic carbocycles. The lowest BCUT2D eigenvalue weighted by Crippen LogP contribution is -2.35. The maximum absolute atomic E-state index is 13.2. The fourth-order valence-corrected chi connectivity index (χ4v) is 4.30. The van der Waals surface area contributed by atoms with Crippen molar-refractivity contribution in [2.24, 2.45) is 5.92 Å². The molecule has 1 heterocycles. The molecule has 0 spiro atoms. The van der Waals surface area contributed by atoms with E-state index in [1.807, 2.05) is 30.3 Å². The number of benzene rings is 2. The molecule has 6 nitrogen and oxygen atoms in total. The van der Waals surface area contributed by atoms with E-state index in [2.05, 4.69) is 15.5 Å². The maximum Gasteiger partial charge on any atom is 0.217 e. The lowest BCUT2D eigenvalue weighted by atomic mass is 9.91. The molecule has 0 aliphatic heterocycles. The van der Waals surface area contributed by atoms with Gasteiger partial charge < -0.3 is 11.1 Å². The van der Waals surface area contributed by atoms with Gasteiger partial charge in [-0.15, -0.1) is 0 Å². The number of fused-ring (bicyclic) bond motifs is 1. The molecular formula is C21H21ClN4O2. The van der Waals surface area contributed by atoms with Gasteiger partial charge in [0.15, 0.2) is 11.6 Å². The highest BCUT2D eigenvalue weighted by Crippen LogP contribution is 2.40. The van der Waals surface area contributed by atoms with E-state index in [-0.39, 0.29) is 29.6 Å². The molecular weight excluding hydrogens is 376 g/mol. The summed E-state index contributed by atoms with van der Waals surface area (Å²) in [6, 6.07) is 12.9. The number of H-pyrrole nitrogens is 1. The summed E-state index contributed by atoms with van der Waals surface area (Å²) >= 11 is 6.01. The summed E-state index contributed by atoms with van der Waals surface area (Å²) in [6.45, 7) is 1.50. The van der Waals surface area contributed by atoms with E-state index in [9.17, 15) is 9.59 Å². The molecule has 1 aliphatic rings. The number of Topliss-reactive ketones (excluding diaryl/α,β-unsaturated/α-hetero) is 1. The van der Waals surface area contributed by atoms with Gasteiger partial charge >= 0.3 is 0 Å². The van der Waals surface area contributed by atoms with Crippen molar-refractivity contribution < 1.29 is 9.59 Å². The summed E-state index contributed by atoms with van der Waals surface area (Å²) in [4.78, 5) is 24.9. The summed E-state index contributed by atoms with van der Waals surface area (Å²) in [6.07, 6.45) is 1.27. The summed E-state index contributed by atoms with van der Waals surface area (Å²) in [5.41, 5.74) is 8.37. The van der Waals surface area contributed by atoms with Gasteiger partial charge in [-0.25, -0.2) is 0 Å². The van der Waals surface area contributed by atoms with Crippen molar-refractivity contribution in [1.82, 2.24) is 15.5 Å². The first-order chi connectivity index (χ1) is 13.4. The molecule has 7 heteroatoms. The first-order valence-corrected chi connectivity index (χ1v) is 9.60. The summed E-state index contributed by atoms with van der Waals surface area (Å²) in [7, 11) is 0. The normalized spacial score (nSPS) is 21.7. The van der Waals surface area contributed by atoms with Crippen molar-refractivity contribution in [3.63, 3.8) is 0 Å². The van der Waals surface area contributed by atoms with Crippen LogP contribution in [0.4, 0.5) is 5.82 Å². The van der Waals surface area contributed by atoms with E-state index in [1.165, 1.54) is 6.92 Å². The van der Waals surface area contributed by atoms with Crippen LogP contribution in [0.25, 0.3) is 10.9 Å². The molecule has 0 saturated heterocycles. The highest BCUT2D eigenvalue weighted by Gasteiger charge is 2.39. The van der Waals surface area contributed by atoms with E-state index in [0.717, 1.165) is 16.5 Å². The highest BCUT2D eigenvalue weighted by atomic mass is 35.5. The number of nitrogen functional groups attached to an aromatic ring is 1. The molecule has 144 valence electrons. The number of rotatable bonds is 4. The molecule has 4 rings (SSSR count). The monoisotopic (exact) mass is 396 g/mol. The Kier molecular flexibility index (Phi) is 4.81. The van der Waals surface area contributed by atoms with Crippen LogP contribution in [0.15, 0.2) is 42.5 Å². The number of nitrogens with one attached hydrogen (secondary N) is 2. The van der Waals surface area contributed by atoms with Gasteiger partial charge in [0.2, 0.25) is 5.91 Å². The Morgan fingerprint density at radius 2 is 1.93 bits per heavy atom. The average Bonchev–Trinajstić information content (AvgIpc) is 3.25. The topological polar surface area (TPSA) is 101 Å². The molecule has 3 atom stereocenters. The predicted molar refractivity (Wildman–Crippen MR) is 109 cm³/mol. The second-order valence-electron chi connectivity index (χ2n) is 7.37. The first-order valence-electron chi connectivity index (χ1n) is 9.22. The summed E-state index contributed by atoms with van der Waals surface area (Å²) in [5, 5.41) is 11.2. The molecule has 1 saturated carbocycles. The largest absolute Gasteiger partial charge is 0.382 e. The number of amides is 1. The van der Waals surface area contributed by atoms with Gasteiger partial charge in [0.1, 0.15) is 0 Å². The molecule has 0 bridgehead atoms. The molecule has 4 N–H and O–H groups in total. The van der Waals surface area contributed by atoms with Crippen LogP contribution in [0, 0.1) is 5.92 Å². The number of aromatic nitrogens is 2. The fraction of sp³-hybridized carbons (Fsp3) is 0.286. The minimum Gasteiger partial charge on any atom is -0.382 e. The minimum absolute atomic E-state index is 0.0642. The number of nitrogens with two attached hydrogens (primary N) is 1. The average molecular weight is 397 g/mol. The number of halogens is 1. The van der Waals surface area contributed by atoms with E-state index in [0.29, 0.717) is 29.2 Å². The SMILES string of the molecule is CC(=O)N[C@@H]1CC(C(=O)c2ccc3[nH]nc(N)c3c2)C[C@H]1c1ccc(Cl)cc1. The fourth-order valence-electron chi connectivity index (χ4n) is 4.17. The lowest BCUT2D eigenvalue weighted by Gasteiger charge is -2.20. The zero-order chi connectivity index (χ0) is 19.8. The van der Waals surface area contributed by atoms with Gasteiger partial charge in [-0.2, -0.15) is 5.10 Å². The molecule has 28 heavy (non-hydrogen) atoms. The van der Waals surface area contributed by atoms with Crippen molar-refractivity contribution in [1.29, 1.82) is 0 Å². The number of nitrogens with zero attached hydrogens (tertiary/aromatic N) is 1. The zero-order valence-electron chi connectivity index (χ0n) is 15.4. The third kappa shape index (κ3) is 3.47. The van der Waals surface area contributed by atoms with Gasteiger partial charge in [-0.05, 0) is 48.7 Å². The standard InChI is InChI=1S/C21H21ClN4O2/c1-11(27)24-19-10-14(9-16(19)12-2-5-15(22)6-3-12)20(28)13-4-7-18-17(8-13)21(23)26-25-18/h2-8,14,16,19H,9-10H2,1H3,(H,24,27)(H3,23,25,26)/t14?,16-,19+/m0/s1.